The van der Waals surface area contributed by atoms with E-state index in [9.17, 15) is 8.42 Å². The van der Waals surface area contributed by atoms with Gasteiger partial charge in [0, 0.05) is 29.3 Å². The van der Waals surface area contributed by atoms with Gasteiger partial charge in [-0.25, -0.2) is 8.42 Å². The molecule has 2 aliphatic rings. The molecule has 3 atom stereocenters. The summed E-state index contributed by atoms with van der Waals surface area (Å²) in [6.07, 6.45) is 5.01. The molecule has 0 radical (unpaired) electrons. The zero-order valence-electron chi connectivity index (χ0n) is 13.0. The lowest BCUT2D eigenvalue weighted by molar-refractivity contribution is -0.0701. The number of halogens is 1. The van der Waals surface area contributed by atoms with Crippen molar-refractivity contribution in [1.82, 2.24) is 0 Å². The zero-order chi connectivity index (χ0) is 15.5. The van der Waals surface area contributed by atoms with Crippen molar-refractivity contribution in [2.45, 2.75) is 52.1 Å². The van der Waals surface area contributed by atoms with Crippen LogP contribution < -0.4 is 0 Å². The first-order valence-electron chi connectivity index (χ1n) is 7.91. The number of hydrogen-bond donors (Lipinski definition) is 0. The molecule has 1 aliphatic heterocycles. The number of ether oxygens (including phenoxy) is 2. The summed E-state index contributed by atoms with van der Waals surface area (Å²) in [5.74, 6) is 1.42. The predicted molar refractivity (Wildman–Crippen MR) is 84.0 cm³/mol. The van der Waals surface area contributed by atoms with Crippen LogP contribution in [0.15, 0.2) is 0 Å². The highest BCUT2D eigenvalue weighted by Gasteiger charge is 2.38. The maximum absolute atomic E-state index is 11.5. The smallest absolute Gasteiger partial charge is 0.233 e. The van der Waals surface area contributed by atoms with Crippen LogP contribution in [-0.2, 0) is 18.5 Å². The number of rotatable bonds is 5. The molecule has 1 saturated carbocycles. The molecule has 124 valence electrons. The topological polar surface area (TPSA) is 52.6 Å². The van der Waals surface area contributed by atoms with E-state index in [1.165, 1.54) is 6.42 Å². The van der Waals surface area contributed by atoms with Gasteiger partial charge in [-0.1, -0.05) is 13.8 Å². The minimum atomic E-state index is -3.52. The lowest BCUT2D eigenvalue weighted by Gasteiger charge is -2.39. The second-order valence-corrected chi connectivity index (χ2v) is 9.77. The van der Waals surface area contributed by atoms with Crippen molar-refractivity contribution in [2.75, 3.05) is 25.6 Å². The van der Waals surface area contributed by atoms with Crippen molar-refractivity contribution in [2.24, 2.45) is 17.3 Å². The van der Waals surface area contributed by atoms with Crippen molar-refractivity contribution in [1.29, 1.82) is 0 Å². The van der Waals surface area contributed by atoms with Crippen molar-refractivity contribution >= 4 is 19.7 Å². The molecule has 21 heavy (non-hydrogen) atoms. The Morgan fingerprint density at radius 2 is 1.86 bits per heavy atom. The molecule has 0 N–H and O–H groups in total. The van der Waals surface area contributed by atoms with Gasteiger partial charge >= 0.3 is 0 Å². The van der Waals surface area contributed by atoms with Gasteiger partial charge in [0.2, 0.25) is 9.05 Å². The molecule has 4 nitrogen and oxygen atoms in total. The third-order valence-corrected chi connectivity index (χ3v) is 6.49. The molecule has 0 spiro atoms. The molecular weight excluding hydrogens is 312 g/mol. The Morgan fingerprint density at radius 3 is 2.43 bits per heavy atom. The Kier molecular flexibility index (Phi) is 5.97. The largest absolute Gasteiger partial charge is 0.381 e. The molecule has 2 rings (SSSR count). The van der Waals surface area contributed by atoms with Crippen LogP contribution in [0.1, 0.15) is 46.0 Å². The zero-order valence-corrected chi connectivity index (χ0v) is 14.6. The number of hydrogen-bond acceptors (Lipinski definition) is 4. The Hall–Kier alpha value is 0.160. The minimum Gasteiger partial charge on any atom is -0.381 e. The van der Waals surface area contributed by atoms with E-state index in [1.54, 1.807) is 0 Å². The molecule has 0 bridgehead atoms. The van der Waals surface area contributed by atoms with Gasteiger partial charge in [0.1, 0.15) is 0 Å². The van der Waals surface area contributed by atoms with E-state index in [0.717, 1.165) is 18.8 Å². The average Bonchev–Trinajstić information content (AvgIpc) is 2.39. The highest BCUT2D eigenvalue weighted by molar-refractivity contribution is 8.13. The monoisotopic (exact) mass is 338 g/mol. The standard InChI is InChI=1S/C15H27ClO4S/c1-12-3-4-14(9-13(12)2)20-10-15(11-21(16,17)18)5-7-19-8-6-15/h12-14H,3-11H2,1-2H3. The molecule has 0 aromatic carbocycles. The van der Waals surface area contributed by atoms with Crippen LogP contribution in [0.25, 0.3) is 0 Å². The van der Waals surface area contributed by atoms with Gasteiger partial charge in [0.25, 0.3) is 0 Å². The summed E-state index contributed by atoms with van der Waals surface area (Å²) in [5.41, 5.74) is -0.370. The van der Waals surface area contributed by atoms with Gasteiger partial charge < -0.3 is 9.47 Å². The van der Waals surface area contributed by atoms with E-state index in [1.807, 2.05) is 0 Å². The first-order valence-corrected chi connectivity index (χ1v) is 10.4. The first kappa shape index (κ1) is 17.5. The third kappa shape index (κ3) is 5.38. The molecule has 1 heterocycles. The minimum absolute atomic E-state index is 0.0103. The van der Waals surface area contributed by atoms with Crippen LogP contribution in [0.3, 0.4) is 0 Å². The second-order valence-electron chi connectivity index (χ2n) is 7.00. The van der Waals surface area contributed by atoms with E-state index >= 15 is 0 Å². The van der Waals surface area contributed by atoms with Crippen LogP contribution in [0.2, 0.25) is 0 Å². The maximum atomic E-state index is 11.5. The fourth-order valence-corrected chi connectivity index (χ4v) is 5.24. The Bertz CT molecular complexity index is 431. The van der Waals surface area contributed by atoms with Gasteiger partial charge in [-0.3, -0.25) is 0 Å². The Morgan fingerprint density at radius 1 is 1.19 bits per heavy atom. The summed E-state index contributed by atoms with van der Waals surface area (Å²) in [6.45, 7) is 6.23. The highest BCUT2D eigenvalue weighted by Crippen LogP contribution is 2.36. The highest BCUT2D eigenvalue weighted by atomic mass is 35.7. The lowest BCUT2D eigenvalue weighted by Crippen LogP contribution is -2.41. The van der Waals surface area contributed by atoms with Gasteiger partial charge in [-0.05, 0) is 43.9 Å². The molecule has 0 aromatic heterocycles. The van der Waals surface area contributed by atoms with E-state index in [0.29, 0.717) is 38.6 Å². The summed E-state index contributed by atoms with van der Waals surface area (Å²) in [7, 11) is 1.98. The van der Waals surface area contributed by atoms with Gasteiger partial charge in [0.05, 0.1) is 18.5 Å². The quantitative estimate of drug-likeness (QED) is 0.722. The van der Waals surface area contributed by atoms with E-state index in [2.05, 4.69) is 13.8 Å². The summed E-state index contributed by atoms with van der Waals surface area (Å²) < 4.78 is 34.5. The SMILES string of the molecule is CC1CCC(OCC2(CS(=O)(=O)Cl)CCOCC2)CC1C. The predicted octanol–water partition coefficient (Wildman–Crippen LogP) is 3.19. The molecule has 1 aliphatic carbocycles. The molecule has 2 fully saturated rings. The van der Waals surface area contributed by atoms with E-state index in [-0.39, 0.29) is 17.3 Å². The third-order valence-electron chi connectivity index (χ3n) is 5.21. The summed E-state index contributed by atoms with van der Waals surface area (Å²) in [5, 5.41) is 0. The fourth-order valence-electron chi connectivity index (χ4n) is 3.44. The molecule has 6 heteroatoms. The summed E-state index contributed by atoms with van der Waals surface area (Å²) in [6, 6.07) is 0. The van der Waals surface area contributed by atoms with Crippen molar-refractivity contribution < 1.29 is 17.9 Å². The fraction of sp³-hybridized carbons (Fsp3) is 1.00. The van der Waals surface area contributed by atoms with Crippen molar-refractivity contribution in [3.8, 4) is 0 Å². The Balaban J connectivity index is 1.93. The summed E-state index contributed by atoms with van der Waals surface area (Å²) >= 11 is 0. The van der Waals surface area contributed by atoms with Crippen molar-refractivity contribution in [3.63, 3.8) is 0 Å². The van der Waals surface area contributed by atoms with Crippen LogP contribution in [0, 0.1) is 17.3 Å². The molecule has 0 amide bonds. The van der Waals surface area contributed by atoms with Gasteiger partial charge in [-0.15, -0.1) is 0 Å². The lowest BCUT2D eigenvalue weighted by atomic mass is 9.79. The maximum Gasteiger partial charge on any atom is 0.233 e. The van der Waals surface area contributed by atoms with Gasteiger partial charge in [-0.2, -0.15) is 0 Å². The molecular formula is C15H27ClO4S. The van der Waals surface area contributed by atoms with Crippen LogP contribution in [-0.4, -0.2) is 40.1 Å². The van der Waals surface area contributed by atoms with Crippen LogP contribution >= 0.6 is 10.7 Å². The van der Waals surface area contributed by atoms with E-state index < -0.39 is 9.05 Å². The molecule has 3 unspecified atom stereocenters. The van der Waals surface area contributed by atoms with Crippen molar-refractivity contribution in [3.05, 3.63) is 0 Å². The molecule has 1 saturated heterocycles. The molecule has 0 aromatic rings. The normalized spacial score (nSPS) is 33.8. The summed E-state index contributed by atoms with van der Waals surface area (Å²) in [4.78, 5) is 0. The van der Waals surface area contributed by atoms with Crippen LogP contribution in [0.5, 0.6) is 0 Å². The average molecular weight is 339 g/mol. The van der Waals surface area contributed by atoms with Gasteiger partial charge in [0.15, 0.2) is 0 Å². The first-order chi connectivity index (χ1) is 9.80. The second kappa shape index (κ2) is 7.16. The van der Waals surface area contributed by atoms with E-state index in [4.69, 9.17) is 20.2 Å². The van der Waals surface area contributed by atoms with Crippen LogP contribution in [0.4, 0.5) is 0 Å². The Labute approximate surface area is 132 Å².